The minimum Gasteiger partial charge on any atom is -0.454 e. The molecule has 3 N–H and O–H groups in total. The zero-order valence-electron chi connectivity index (χ0n) is 16.0. The van der Waals surface area contributed by atoms with Crippen LogP contribution in [-0.2, 0) is 30.9 Å². The zero-order chi connectivity index (χ0) is 21.2. The number of hydrogen-bond acceptors (Lipinski definition) is 5. The highest BCUT2D eigenvalue weighted by Crippen LogP contribution is 2.20. The van der Waals surface area contributed by atoms with Crippen molar-refractivity contribution >= 4 is 38.5 Å². The van der Waals surface area contributed by atoms with Crippen LogP contribution in [0.1, 0.15) is 11.3 Å². The number of anilines is 1. The number of carbonyl (C=O) groups excluding carboxylic acids is 2. The van der Waals surface area contributed by atoms with Crippen LogP contribution in [0.4, 0.5) is 5.69 Å². The number of benzene rings is 2. The second kappa shape index (κ2) is 8.06. The van der Waals surface area contributed by atoms with Crippen molar-refractivity contribution in [2.75, 3.05) is 11.9 Å². The number of esters is 1. The fraction of sp³-hybridized carbons (Fsp3) is 0.200. The first-order chi connectivity index (χ1) is 13.6. The van der Waals surface area contributed by atoms with Gasteiger partial charge in [0.2, 0.25) is 10.0 Å². The molecule has 3 aromatic rings. The highest BCUT2D eigenvalue weighted by Gasteiger charge is 2.15. The van der Waals surface area contributed by atoms with E-state index in [0.29, 0.717) is 5.56 Å². The van der Waals surface area contributed by atoms with E-state index in [9.17, 15) is 18.0 Å². The molecule has 1 aromatic heterocycles. The van der Waals surface area contributed by atoms with Crippen molar-refractivity contribution in [1.82, 2.24) is 4.57 Å². The Morgan fingerprint density at radius 1 is 1.10 bits per heavy atom. The van der Waals surface area contributed by atoms with Gasteiger partial charge in [-0.3, -0.25) is 9.59 Å². The Hall–Kier alpha value is -3.17. The number of para-hydroxylation sites is 1. The fourth-order valence-electron chi connectivity index (χ4n) is 3.06. The molecule has 1 amide bonds. The standard InChI is InChI=1S/C20H21N3O5S/c1-13-7-8-16(10-18(13)29(21,26)27)22-19(24)12-28-20(25)11-23-14(2)9-15-5-3-4-6-17(15)23/h3-10H,11-12H2,1-2H3,(H,22,24)(H2,21,26,27). The first-order valence-corrected chi connectivity index (χ1v) is 10.3. The summed E-state index contributed by atoms with van der Waals surface area (Å²) in [4.78, 5) is 24.2. The van der Waals surface area contributed by atoms with Crippen LogP contribution in [0.2, 0.25) is 0 Å². The van der Waals surface area contributed by atoms with Crippen LogP contribution >= 0.6 is 0 Å². The molecule has 0 atom stereocenters. The molecule has 0 unspecified atom stereocenters. The molecule has 152 valence electrons. The van der Waals surface area contributed by atoms with Gasteiger partial charge >= 0.3 is 5.97 Å². The van der Waals surface area contributed by atoms with Crippen LogP contribution < -0.4 is 10.5 Å². The first-order valence-electron chi connectivity index (χ1n) is 8.79. The molecule has 0 saturated heterocycles. The van der Waals surface area contributed by atoms with Gasteiger partial charge in [-0.1, -0.05) is 24.3 Å². The van der Waals surface area contributed by atoms with Gasteiger partial charge in [0.25, 0.3) is 5.91 Å². The monoisotopic (exact) mass is 415 g/mol. The summed E-state index contributed by atoms with van der Waals surface area (Å²) < 4.78 is 30.0. The predicted molar refractivity (Wildman–Crippen MR) is 109 cm³/mol. The Balaban J connectivity index is 1.61. The Labute approximate surface area is 168 Å². The Morgan fingerprint density at radius 3 is 2.55 bits per heavy atom. The third-order valence-corrected chi connectivity index (χ3v) is 5.50. The summed E-state index contributed by atoms with van der Waals surface area (Å²) in [5.41, 5.74) is 2.52. The molecule has 8 nitrogen and oxygen atoms in total. The molecule has 0 spiro atoms. The molecule has 0 fully saturated rings. The Bertz CT molecular complexity index is 1200. The predicted octanol–water partition coefficient (Wildman–Crippen LogP) is 2.09. The van der Waals surface area contributed by atoms with Crippen molar-refractivity contribution < 1.29 is 22.7 Å². The number of aryl methyl sites for hydroxylation is 2. The molecule has 0 bridgehead atoms. The van der Waals surface area contributed by atoms with Crippen LogP contribution in [0, 0.1) is 13.8 Å². The molecule has 0 saturated carbocycles. The summed E-state index contributed by atoms with van der Waals surface area (Å²) in [6.45, 7) is 2.98. The first kappa shape index (κ1) is 20.6. The van der Waals surface area contributed by atoms with E-state index in [1.165, 1.54) is 12.1 Å². The number of amides is 1. The van der Waals surface area contributed by atoms with Crippen LogP contribution in [0.3, 0.4) is 0 Å². The number of nitrogens with one attached hydrogen (secondary N) is 1. The minimum absolute atomic E-state index is 0.0211. The van der Waals surface area contributed by atoms with Gasteiger partial charge in [-0.2, -0.15) is 0 Å². The van der Waals surface area contributed by atoms with E-state index in [0.717, 1.165) is 16.6 Å². The summed E-state index contributed by atoms with van der Waals surface area (Å²) in [5, 5.41) is 8.67. The van der Waals surface area contributed by atoms with Crippen molar-refractivity contribution in [3.63, 3.8) is 0 Å². The van der Waals surface area contributed by atoms with Gasteiger partial charge in [-0.05, 0) is 49.1 Å². The maximum Gasteiger partial charge on any atom is 0.326 e. The molecular formula is C20H21N3O5S. The number of sulfonamides is 1. The summed E-state index contributed by atoms with van der Waals surface area (Å²) in [6.07, 6.45) is 0. The lowest BCUT2D eigenvalue weighted by Gasteiger charge is -2.10. The Morgan fingerprint density at radius 2 is 1.83 bits per heavy atom. The van der Waals surface area contributed by atoms with Gasteiger partial charge in [0.05, 0.1) is 4.90 Å². The van der Waals surface area contributed by atoms with Gasteiger partial charge in [0, 0.05) is 16.9 Å². The molecule has 2 aromatic carbocycles. The van der Waals surface area contributed by atoms with E-state index >= 15 is 0 Å². The molecular weight excluding hydrogens is 394 g/mol. The van der Waals surface area contributed by atoms with E-state index in [1.807, 2.05) is 41.8 Å². The summed E-state index contributed by atoms with van der Waals surface area (Å²) in [6, 6.07) is 14.0. The van der Waals surface area contributed by atoms with Gasteiger partial charge in [0.15, 0.2) is 6.61 Å². The van der Waals surface area contributed by atoms with E-state index in [1.54, 1.807) is 13.0 Å². The number of aromatic nitrogens is 1. The number of ether oxygens (including phenoxy) is 1. The van der Waals surface area contributed by atoms with Gasteiger partial charge in [-0.15, -0.1) is 0 Å². The summed E-state index contributed by atoms with van der Waals surface area (Å²) in [7, 11) is -3.91. The largest absolute Gasteiger partial charge is 0.454 e. The van der Waals surface area contributed by atoms with E-state index < -0.39 is 28.5 Å². The number of nitrogens with two attached hydrogens (primary N) is 1. The van der Waals surface area contributed by atoms with E-state index in [-0.39, 0.29) is 17.1 Å². The number of rotatable bonds is 6. The quantitative estimate of drug-likeness (QED) is 0.597. The van der Waals surface area contributed by atoms with E-state index in [4.69, 9.17) is 9.88 Å². The van der Waals surface area contributed by atoms with Crippen LogP contribution in [-0.4, -0.2) is 31.5 Å². The maximum atomic E-state index is 12.2. The van der Waals surface area contributed by atoms with E-state index in [2.05, 4.69) is 5.32 Å². The van der Waals surface area contributed by atoms with Gasteiger partial charge in [-0.25, -0.2) is 13.6 Å². The van der Waals surface area contributed by atoms with Crippen LogP contribution in [0.5, 0.6) is 0 Å². The molecule has 0 radical (unpaired) electrons. The van der Waals surface area contributed by atoms with Crippen LogP contribution in [0.15, 0.2) is 53.4 Å². The highest BCUT2D eigenvalue weighted by molar-refractivity contribution is 7.89. The number of hydrogen-bond donors (Lipinski definition) is 2. The van der Waals surface area contributed by atoms with Crippen molar-refractivity contribution in [2.45, 2.75) is 25.3 Å². The number of nitrogens with zero attached hydrogens (tertiary/aromatic N) is 1. The molecule has 29 heavy (non-hydrogen) atoms. The number of primary sulfonamides is 1. The average molecular weight is 415 g/mol. The maximum absolute atomic E-state index is 12.2. The lowest BCUT2D eigenvalue weighted by atomic mass is 10.2. The second-order valence-corrected chi connectivity index (χ2v) is 8.19. The van der Waals surface area contributed by atoms with Crippen molar-refractivity contribution in [3.05, 3.63) is 59.8 Å². The second-order valence-electron chi connectivity index (χ2n) is 6.66. The van der Waals surface area contributed by atoms with Gasteiger partial charge in [0.1, 0.15) is 6.54 Å². The SMILES string of the molecule is Cc1ccc(NC(=O)COC(=O)Cn2c(C)cc3ccccc32)cc1S(N)(=O)=O. The third-order valence-electron chi connectivity index (χ3n) is 4.45. The normalized spacial score (nSPS) is 11.4. The lowest BCUT2D eigenvalue weighted by molar-refractivity contribution is -0.147. The third kappa shape index (κ3) is 4.82. The Kier molecular flexibility index (Phi) is 5.71. The number of carbonyl (C=O) groups is 2. The molecule has 1 heterocycles. The molecule has 3 rings (SSSR count). The molecule has 0 aliphatic rings. The average Bonchev–Trinajstić information content (AvgIpc) is 2.96. The highest BCUT2D eigenvalue weighted by atomic mass is 32.2. The zero-order valence-corrected chi connectivity index (χ0v) is 16.8. The molecule has 0 aliphatic carbocycles. The van der Waals surface area contributed by atoms with Crippen molar-refractivity contribution in [1.29, 1.82) is 0 Å². The number of fused-ring (bicyclic) bond motifs is 1. The summed E-state index contributed by atoms with van der Waals surface area (Å²) >= 11 is 0. The van der Waals surface area contributed by atoms with Crippen molar-refractivity contribution in [3.8, 4) is 0 Å². The molecule has 0 aliphatic heterocycles. The van der Waals surface area contributed by atoms with Gasteiger partial charge < -0.3 is 14.6 Å². The van der Waals surface area contributed by atoms with Crippen molar-refractivity contribution in [2.24, 2.45) is 5.14 Å². The fourth-order valence-corrected chi connectivity index (χ4v) is 3.87. The smallest absolute Gasteiger partial charge is 0.326 e. The topological polar surface area (TPSA) is 120 Å². The lowest BCUT2D eigenvalue weighted by Crippen LogP contribution is -2.23. The minimum atomic E-state index is -3.91. The summed E-state index contributed by atoms with van der Waals surface area (Å²) in [5.74, 6) is -1.14. The van der Waals surface area contributed by atoms with Crippen LogP contribution in [0.25, 0.3) is 10.9 Å². The molecule has 9 heteroatoms.